The fraction of sp³-hybridized carbons (Fsp3) is 0.118. The number of pyridine rings is 1. The Bertz CT molecular complexity index is 802. The first kappa shape index (κ1) is 14.4. The van der Waals surface area contributed by atoms with Crippen molar-refractivity contribution < 1.29 is 0 Å². The van der Waals surface area contributed by atoms with Crippen molar-refractivity contribution in [1.29, 1.82) is 0 Å². The van der Waals surface area contributed by atoms with Crippen LogP contribution >= 0.6 is 27.5 Å². The van der Waals surface area contributed by atoms with E-state index in [1.165, 1.54) is 10.9 Å². The van der Waals surface area contributed by atoms with Gasteiger partial charge in [0.05, 0.1) is 16.2 Å². The molecule has 0 aliphatic heterocycles. The number of nitrogens with zero attached hydrogens (tertiary/aromatic N) is 1. The van der Waals surface area contributed by atoms with Crippen LogP contribution in [-0.2, 0) is 6.54 Å². The van der Waals surface area contributed by atoms with Crippen LogP contribution in [0, 0.1) is 6.92 Å². The van der Waals surface area contributed by atoms with E-state index in [1.54, 1.807) is 0 Å². The van der Waals surface area contributed by atoms with Gasteiger partial charge in [0.15, 0.2) is 0 Å². The molecule has 2 aromatic carbocycles. The molecule has 1 heterocycles. The summed E-state index contributed by atoms with van der Waals surface area (Å²) in [7, 11) is 0. The normalized spacial score (nSPS) is 10.8. The van der Waals surface area contributed by atoms with Crippen LogP contribution in [0.25, 0.3) is 10.9 Å². The summed E-state index contributed by atoms with van der Waals surface area (Å²) in [5.74, 6) is 0. The van der Waals surface area contributed by atoms with Gasteiger partial charge in [-0.05, 0) is 42.8 Å². The lowest BCUT2D eigenvalue weighted by atomic mass is 10.1. The minimum Gasteiger partial charge on any atom is -0.380 e. The van der Waals surface area contributed by atoms with Crippen molar-refractivity contribution in [2.75, 3.05) is 5.32 Å². The number of halogens is 2. The van der Waals surface area contributed by atoms with Gasteiger partial charge in [-0.25, -0.2) is 0 Å². The summed E-state index contributed by atoms with van der Waals surface area (Å²) in [6.07, 6.45) is 0. The molecule has 0 radical (unpaired) electrons. The van der Waals surface area contributed by atoms with E-state index in [9.17, 15) is 0 Å². The van der Waals surface area contributed by atoms with Gasteiger partial charge in [-0.2, -0.15) is 0 Å². The lowest BCUT2D eigenvalue weighted by molar-refractivity contribution is 1.13. The Morgan fingerprint density at radius 3 is 2.81 bits per heavy atom. The molecule has 0 spiro atoms. The molecule has 0 unspecified atom stereocenters. The predicted octanol–water partition coefficient (Wildman–Crippen LogP) is 5.57. The number of aromatic nitrogens is 1. The molecule has 0 bridgehead atoms. The van der Waals surface area contributed by atoms with Crippen LogP contribution in [0.1, 0.15) is 11.3 Å². The molecule has 3 rings (SSSR count). The Labute approximate surface area is 137 Å². The summed E-state index contributed by atoms with van der Waals surface area (Å²) in [5.41, 5.74) is 4.18. The van der Waals surface area contributed by atoms with Crippen LogP contribution in [0.2, 0.25) is 5.02 Å². The molecule has 4 heteroatoms. The molecule has 0 atom stereocenters. The second kappa shape index (κ2) is 6.04. The van der Waals surface area contributed by atoms with E-state index in [1.807, 2.05) is 43.3 Å². The van der Waals surface area contributed by atoms with Crippen molar-refractivity contribution in [1.82, 2.24) is 4.98 Å². The molecule has 0 saturated heterocycles. The lowest BCUT2D eigenvalue weighted by Gasteiger charge is -2.12. The molecule has 1 aromatic heterocycles. The molecule has 0 saturated carbocycles. The minimum atomic E-state index is 0.708. The monoisotopic (exact) mass is 360 g/mol. The molecule has 3 aromatic rings. The van der Waals surface area contributed by atoms with E-state index in [2.05, 4.69) is 38.4 Å². The van der Waals surface area contributed by atoms with E-state index in [-0.39, 0.29) is 0 Å². The SMILES string of the molecule is Cc1cc(CNc2cc(Br)ccc2Cl)c2ccccc2n1. The third-order valence-corrected chi connectivity index (χ3v) is 4.15. The quantitative estimate of drug-likeness (QED) is 0.659. The number of nitrogens with one attached hydrogen (secondary N) is 1. The second-order valence-corrected chi connectivity index (χ2v) is 6.24. The van der Waals surface area contributed by atoms with Gasteiger partial charge in [-0.1, -0.05) is 45.7 Å². The summed E-state index contributed by atoms with van der Waals surface area (Å²) >= 11 is 9.68. The number of benzene rings is 2. The molecule has 1 N–H and O–H groups in total. The maximum absolute atomic E-state index is 6.22. The Morgan fingerprint density at radius 2 is 1.95 bits per heavy atom. The Hall–Kier alpha value is -1.58. The van der Waals surface area contributed by atoms with Gasteiger partial charge >= 0.3 is 0 Å². The summed E-state index contributed by atoms with van der Waals surface area (Å²) in [6, 6.07) is 16.1. The molecule has 0 fully saturated rings. The summed E-state index contributed by atoms with van der Waals surface area (Å²) in [4.78, 5) is 4.56. The van der Waals surface area contributed by atoms with Gasteiger partial charge in [-0.3, -0.25) is 4.98 Å². The van der Waals surface area contributed by atoms with Gasteiger partial charge in [0.25, 0.3) is 0 Å². The van der Waals surface area contributed by atoms with E-state index in [0.717, 1.165) is 21.4 Å². The van der Waals surface area contributed by atoms with E-state index >= 15 is 0 Å². The molecule has 2 nitrogen and oxygen atoms in total. The number of hydrogen-bond acceptors (Lipinski definition) is 2. The third-order valence-electron chi connectivity index (χ3n) is 3.33. The van der Waals surface area contributed by atoms with Crippen molar-refractivity contribution in [2.45, 2.75) is 13.5 Å². The smallest absolute Gasteiger partial charge is 0.0708 e. The van der Waals surface area contributed by atoms with Crippen molar-refractivity contribution in [3.63, 3.8) is 0 Å². The maximum Gasteiger partial charge on any atom is 0.0708 e. The van der Waals surface area contributed by atoms with Gasteiger partial charge in [0.2, 0.25) is 0 Å². The Kier molecular flexibility index (Phi) is 4.13. The molecule has 0 amide bonds. The third kappa shape index (κ3) is 3.20. The fourth-order valence-corrected chi connectivity index (χ4v) is 2.91. The number of rotatable bonds is 3. The number of para-hydroxylation sites is 1. The van der Waals surface area contributed by atoms with E-state index in [0.29, 0.717) is 11.6 Å². The highest BCUT2D eigenvalue weighted by Crippen LogP contribution is 2.27. The van der Waals surface area contributed by atoms with Crippen molar-refractivity contribution in [3.05, 3.63) is 69.3 Å². The van der Waals surface area contributed by atoms with Crippen molar-refractivity contribution in [2.24, 2.45) is 0 Å². The highest BCUT2D eigenvalue weighted by atomic mass is 79.9. The molecule has 0 aliphatic rings. The number of fused-ring (bicyclic) bond motifs is 1. The van der Waals surface area contributed by atoms with E-state index < -0.39 is 0 Å². The van der Waals surface area contributed by atoms with Crippen LogP contribution in [0.5, 0.6) is 0 Å². The van der Waals surface area contributed by atoms with Crippen LogP contribution in [0.15, 0.2) is 53.0 Å². The zero-order valence-electron chi connectivity index (χ0n) is 11.5. The first-order chi connectivity index (χ1) is 10.1. The van der Waals surface area contributed by atoms with Crippen molar-refractivity contribution in [3.8, 4) is 0 Å². The average molecular weight is 362 g/mol. The average Bonchev–Trinajstić information content (AvgIpc) is 2.47. The second-order valence-electron chi connectivity index (χ2n) is 4.92. The van der Waals surface area contributed by atoms with E-state index in [4.69, 9.17) is 11.6 Å². The highest BCUT2D eigenvalue weighted by molar-refractivity contribution is 9.10. The zero-order chi connectivity index (χ0) is 14.8. The summed E-state index contributed by atoms with van der Waals surface area (Å²) in [6.45, 7) is 2.72. The van der Waals surface area contributed by atoms with Crippen LogP contribution in [0.4, 0.5) is 5.69 Å². The highest BCUT2D eigenvalue weighted by Gasteiger charge is 2.05. The van der Waals surface area contributed by atoms with Crippen LogP contribution in [0.3, 0.4) is 0 Å². The fourth-order valence-electron chi connectivity index (χ4n) is 2.36. The molecule has 21 heavy (non-hydrogen) atoms. The minimum absolute atomic E-state index is 0.708. The Balaban J connectivity index is 1.93. The summed E-state index contributed by atoms with van der Waals surface area (Å²) < 4.78 is 1.00. The number of anilines is 1. The first-order valence-electron chi connectivity index (χ1n) is 6.68. The van der Waals surface area contributed by atoms with Crippen LogP contribution < -0.4 is 5.32 Å². The van der Waals surface area contributed by atoms with Gasteiger partial charge in [-0.15, -0.1) is 0 Å². The topological polar surface area (TPSA) is 24.9 Å². The molecular weight excluding hydrogens is 348 g/mol. The number of aryl methyl sites for hydroxylation is 1. The predicted molar refractivity (Wildman–Crippen MR) is 93.0 cm³/mol. The largest absolute Gasteiger partial charge is 0.380 e. The molecule has 106 valence electrons. The Morgan fingerprint density at radius 1 is 1.14 bits per heavy atom. The zero-order valence-corrected chi connectivity index (χ0v) is 13.9. The maximum atomic E-state index is 6.22. The summed E-state index contributed by atoms with van der Waals surface area (Å²) in [5, 5.41) is 5.28. The number of hydrogen-bond donors (Lipinski definition) is 1. The molecule has 0 aliphatic carbocycles. The van der Waals surface area contributed by atoms with Gasteiger partial charge in [0, 0.05) is 22.1 Å². The van der Waals surface area contributed by atoms with Gasteiger partial charge in [0.1, 0.15) is 0 Å². The van der Waals surface area contributed by atoms with Crippen LogP contribution in [-0.4, -0.2) is 4.98 Å². The first-order valence-corrected chi connectivity index (χ1v) is 7.85. The van der Waals surface area contributed by atoms with Crippen molar-refractivity contribution >= 4 is 44.1 Å². The standard InChI is InChI=1S/C17H14BrClN2/c1-11-8-12(14-4-2-3-5-16(14)21-11)10-20-17-9-13(18)6-7-15(17)19/h2-9,20H,10H2,1H3. The molecular formula is C17H14BrClN2. The lowest BCUT2D eigenvalue weighted by Crippen LogP contribution is -2.02. The van der Waals surface area contributed by atoms with Gasteiger partial charge < -0.3 is 5.32 Å².